The Kier molecular flexibility index (Phi) is 7.85. The second-order valence-electron chi connectivity index (χ2n) is 8.32. The number of unbranched alkanes of at least 4 members (excludes halogenated alkanes) is 1. The van der Waals surface area contributed by atoms with Gasteiger partial charge in [0, 0.05) is 44.8 Å². The van der Waals surface area contributed by atoms with Crippen molar-refractivity contribution in [3.05, 3.63) is 35.4 Å². The van der Waals surface area contributed by atoms with Crippen molar-refractivity contribution in [1.29, 1.82) is 0 Å². The largest absolute Gasteiger partial charge is 0.357 e. The highest BCUT2D eigenvalue weighted by Gasteiger charge is 2.34. The van der Waals surface area contributed by atoms with Gasteiger partial charge in [-0.3, -0.25) is 19.5 Å². The lowest BCUT2D eigenvalue weighted by Crippen LogP contribution is -2.49. The van der Waals surface area contributed by atoms with Crippen LogP contribution in [-0.2, 0) is 0 Å². The molecule has 0 aromatic heterocycles. The number of aliphatic imine (C=N–C) groups is 1. The molecule has 30 heavy (non-hydrogen) atoms. The van der Waals surface area contributed by atoms with E-state index in [2.05, 4.69) is 36.3 Å². The predicted octanol–water partition coefficient (Wildman–Crippen LogP) is 2.49. The summed E-state index contributed by atoms with van der Waals surface area (Å²) in [7, 11) is 0. The van der Waals surface area contributed by atoms with Gasteiger partial charge in [-0.05, 0) is 58.6 Å². The van der Waals surface area contributed by atoms with E-state index in [1.54, 1.807) is 24.3 Å². The molecule has 164 valence electrons. The molecule has 0 bridgehead atoms. The fourth-order valence-corrected chi connectivity index (χ4v) is 4.09. The highest BCUT2D eigenvalue weighted by atomic mass is 16.2. The van der Waals surface area contributed by atoms with Crippen LogP contribution in [0.2, 0.25) is 0 Å². The number of nitrogens with one attached hydrogen (secondary N) is 2. The zero-order chi connectivity index (χ0) is 21.5. The number of benzene rings is 1. The first kappa shape index (κ1) is 22.3. The van der Waals surface area contributed by atoms with Crippen LogP contribution in [0.15, 0.2) is 29.3 Å². The lowest BCUT2D eigenvalue weighted by atomic mass is 10.0. The van der Waals surface area contributed by atoms with E-state index in [4.69, 9.17) is 4.99 Å². The monoisotopic (exact) mass is 413 g/mol. The van der Waals surface area contributed by atoms with Crippen molar-refractivity contribution in [1.82, 2.24) is 20.4 Å². The maximum absolute atomic E-state index is 12.4. The van der Waals surface area contributed by atoms with Gasteiger partial charge in [-0.15, -0.1) is 0 Å². The number of likely N-dealkylation sites (tertiary alicyclic amines) is 1. The summed E-state index contributed by atoms with van der Waals surface area (Å²) in [6.07, 6.45) is 3.83. The Balaban J connectivity index is 1.42. The minimum Gasteiger partial charge on any atom is -0.357 e. The Bertz CT molecular complexity index is 734. The highest BCUT2D eigenvalue weighted by molar-refractivity contribution is 6.21. The van der Waals surface area contributed by atoms with Gasteiger partial charge in [0.25, 0.3) is 11.8 Å². The topological polar surface area (TPSA) is 77.0 Å². The van der Waals surface area contributed by atoms with Crippen LogP contribution in [0, 0.1) is 0 Å². The van der Waals surface area contributed by atoms with Gasteiger partial charge in [-0.1, -0.05) is 12.1 Å². The van der Waals surface area contributed by atoms with Crippen molar-refractivity contribution >= 4 is 17.8 Å². The molecule has 0 atom stereocenters. The van der Waals surface area contributed by atoms with E-state index in [0.29, 0.717) is 36.3 Å². The summed E-state index contributed by atoms with van der Waals surface area (Å²) in [5.41, 5.74) is 1.03. The van der Waals surface area contributed by atoms with E-state index in [1.807, 2.05) is 0 Å². The number of carbonyl (C=O) groups excluding carboxylic acids is 2. The normalized spacial score (nSPS) is 18.3. The smallest absolute Gasteiger partial charge is 0.261 e. The number of hydrogen-bond donors (Lipinski definition) is 2. The Morgan fingerprint density at radius 3 is 2.30 bits per heavy atom. The fraction of sp³-hybridized carbons (Fsp3) is 0.609. The third kappa shape index (κ3) is 5.39. The van der Waals surface area contributed by atoms with Crippen LogP contribution in [0.3, 0.4) is 0 Å². The van der Waals surface area contributed by atoms with Gasteiger partial charge in [-0.25, -0.2) is 0 Å². The average Bonchev–Trinajstić information content (AvgIpc) is 2.99. The van der Waals surface area contributed by atoms with E-state index in [-0.39, 0.29) is 11.8 Å². The molecular weight excluding hydrogens is 378 g/mol. The first-order valence-corrected chi connectivity index (χ1v) is 11.3. The molecule has 2 N–H and O–H groups in total. The van der Waals surface area contributed by atoms with Crippen LogP contribution in [-0.4, -0.2) is 72.4 Å². The zero-order valence-corrected chi connectivity index (χ0v) is 18.5. The van der Waals surface area contributed by atoms with Crippen LogP contribution in [0.1, 0.15) is 67.2 Å². The lowest BCUT2D eigenvalue weighted by Gasteiger charge is -2.35. The zero-order valence-electron chi connectivity index (χ0n) is 18.5. The van der Waals surface area contributed by atoms with Gasteiger partial charge >= 0.3 is 0 Å². The molecule has 2 heterocycles. The van der Waals surface area contributed by atoms with Crippen molar-refractivity contribution in [2.75, 3.05) is 32.7 Å². The molecule has 0 saturated carbocycles. The van der Waals surface area contributed by atoms with Gasteiger partial charge in [0.2, 0.25) is 0 Å². The van der Waals surface area contributed by atoms with Crippen molar-refractivity contribution in [2.24, 2.45) is 4.99 Å². The fourth-order valence-electron chi connectivity index (χ4n) is 4.09. The Labute approximate surface area is 179 Å². The first-order chi connectivity index (χ1) is 14.5. The number of carbonyl (C=O) groups is 2. The Morgan fingerprint density at radius 1 is 1.10 bits per heavy atom. The van der Waals surface area contributed by atoms with E-state index >= 15 is 0 Å². The maximum atomic E-state index is 12.4. The summed E-state index contributed by atoms with van der Waals surface area (Å²) < 4.78 is 0. The highest BCUT2D eigenvalue weighted by Crippen LogP contribution is 2.22. The van der Waals surface area contributed by atoms with E-state index in [9.17, 15) is 9.59 Å². The van der Waals surface area contributed by atoms with Crippen LogP contribution < -0.4 is 10.6 Å². The Hall–Kier alpha value is -2.41. The van der Waals surface area contributed by atoms with Crippen LogP contribution >= 0.6 is 0 Å². The standard InChI is InChI=1S/C23H35N5O2/c1-4-24-23(26-18-11-15-27(16-12-18)17(2)3)25-13-7-8-14-28-21(29)19-9-5-6-10-20(19)22(28)30/h5-6,9-10,17-18H,4,7-8,11-16H2,1-3H3,(H2,24,25,26). The minimum absolute atomic E-state index is 0.179. The number of amides is 2. The lowest BCUT2D eigenvalue weighted by molar-refractivity contribution is 0.0652. The molecule has 2 aliphatic heterocycles. The molecule has 1 fully saturated rings. The molecule has 2 aliphatic rings. The molecule has 3 rings (SSSR count). The first-order valence-electron chi connectivity index (χ1n) is 11.3. The number of fused-ring (bicyclic) bond motifs is 1. The van der Waals surface area contributed by atoms with Gasteiger partial charge in [0.15, 0.2) is 5.96 Å². The summed E-state index contributed by atoms with van der Waals surface area (Å²) in [5, 5.41) is 6.90. The molecule has 1 aromatic rings. The summed E-state index contributed by atoms with van der Waals surface area (Å²) in [5.74, 6) is 0.505. The number of guanidine groups is 1. The number of imide groups is 1. The van der Waals surface area contributed by atoms with Crippen molar-refractivity contribution in [3.63, 3.8) is 0 Å². The van der Waals surface area contributed by atoms with E-state index < -0.39 is 0 Å². The molecule has 2 amide bonds. The van der Waals surface area contributed by atoms with Gasteiger partial charge in [0.05, 0.1) is 11.1 Å². The van der Waals surface area contributed by atoms with Crippen LogP contribution in [0.4, 0.5) is 0 Å². The number of piperidine rings is 1. The summed E-state index contributed by atoms with van der Waals surface area (Å²) in [4.78, 5) is 33.4. The number of rotatable bonds is 8. The predicted molar refractivity (Wildman–Crippen MR) is 120 cm³/mol. The summed E-state index contributed by atoms with van der Waals surface area (Å²) >= 11 is 0. The molecule has 7 nitrogen and oxygen atoms in total. The molecule has 7 heteroatoms. The molecule has 0 spiro atoms. The number of nitrogens with zero attached hydrogens (tertiary/aromatic N) is 3. The molecular formula is C23H35N5O2. The maximum Gasteiger partial charge on any atom is 0.261 e. The summed E-state index contributed by atoms with van der Waals surface area (Å²) in [6.45, 7) is 10.8. The van der Waals surface area contributed by atoms with E-state index in [1.165, 1.54) is 4.90 Å². The van der Waals surface area contributed by atoms with Crippen LogP contribution in [0.5, 0.6) is 0 Å². The SMILES string of the molecule is CCNC(=NCCCCN1C(=O)c2ccccc2C1=O)NC1CCN(C(C)C)CC1. The molecule has 0 radical (unpaired) electrons. The third-order valence-electron chi connectivity index (χ3n) is 5.88. The second kappa shape index (κ2) is 10.6. The molecule has 1 saturated heterocycles. The summed E-state index contributed by atoms with van der Waals surface area (Å²) in [6, 6.07) is 8.10. The van der Waals surface area contributed by atoms with Crippen molar-refractivity contribution in [3.8, 4) is 0 Å². The quantitative estimate of drug-likeness (QED) is 0.296. The van der Waals surface area contributed by atoms with Gasteiger partial charge in [-0.2, -0.15) is 0 Å². The average molecular weight is 414 g/mol. The van der Waals surface area contributed by atoms with Gasteiger partial charge in [0.1, 0.15) is 0 Å². The minimum atomic E-state index is -0.179. The molecule has 0 aliphatic carbocycles. The van der Waals surface area contributed by atoms with E-state index in [0.717, 1.165) is 51.3 Å². The number of hydrogen-bond acceptors (Lipinski definition) is 4. The molecule has 0 unspecified atom stereocenters. The third-order valence-corrected chi connectivity index (χ3v) is 5.88. The second-order valence-corrected chi connectivity index (χ2v) is 8.32. The Morgan fingerprint density at radius 2 is 1.73 bits per heavy atom. The van der Waals surface area contributed by atoms with Gasteiger partial charge < -0.3 is 15.5 Å². The van der Waals surface area contributed by atoms with Crippen molar-refractivity contribution < 1.29 is 9.59 Å². The van der Waals surface area contributed by atoms with Crippen molar-refractivity contribution in [2.45, 2.75) is 58.5 Å². The molecule has 1 aromatic carbocycles. The van der Waals surface area contributed by atoms with Crippen LogP contribution in [0.25, 0.3) is 0 Å².